The summed E-state index contributed by atoms with van der Waals surface area (Å²) in [4.78, 5) is 16.3. The molecule has 0 aromatic heterocycles. The molecule has 1 aromatic carbocycles. The molecular formula is C15H21N3O3. The van der Waals surface area contributed by atoms with Gasteiger partial charge in [0.05, 0.1) is 12.3 Å². The van der Waals surface area contributed by atoms with Gasteiger partial charge in [-0.2, -0.15) is 0 Å². The Bertz CT molecular complexity index is 529. The van der Waals surface area contributed by atoms with E-state index < -0.39 is 6.10 Å². The highest BCUT2D eigenvalue weighted by atomic mass is 16.5. The number of aliphatic hydroxyl groups is 1. The maximum atomic E-state index is 12.4. The van der Waals surface area contributed by atoms with Crippen molar-refractivity contribution in [1.82, 2.24) is 5.32 Å². The van der Waals surface area contributed by atoms with Gasteiger partial charge >= 0.3 is 0 Å². The lowest BCUT2D eigenvalue weighted by atomic mass is 10.1. The summed E-state index contributed by atoms with van der Waals surface area (Å²) >= 11 is 0. The Morgan fingerprint density at radius 1 is 1.38 bits per heavy atom. The summed E-state index contributed by atoms with van der Waals surface area (Å²) in [7, 11) is 0. The number of para-hydroxylation sites is 1. The average Bonchev–Trinajstić information content (AvgIpc) is 2.52. The third kappa shape index (κ3) is 2.56. The number of anilines is 2. The quantitative estimate of drug-likeness (QED) is 0.833. The molecule has 1 amide bonds. The van der Waals surface area contributed by atoms with E-state index in [0.717, 1.165) is 37.6 Å². The summed E-state index contributed by atoms with van der Waals surface area (Å²) in [5.41, 5.74) is 1.79. The maximum Gasteiger partial charge on any atom is 0.267 e. The molecule has 3 rings (SSSR count). The minimum atomic E-state index is -0.512. The number of carbonyl (C=O) groups is 1. The number of hydrogen-bond acceptors (Lipinski definition) is 5. The van der Waals surface area contributed by atoms with Gasteiger partial charge in [0, 0.05) is 32.7 Å². The molecule has 0 bridgehead atoms. The zero-order chi connectivity index (χ0) is 14.8. The minimum Gasteiger partial charge on any atom is -0.479 e. The summed E-state index contributed by atoms with van der Waals surface area (Å²) < 4.78 is 5.74. The van der Waals surface area contributed by atoms with E-state index in [9.17, 15) is 9.90 Å². The van der Waals surface area contributed by atoms with Crippen molar-refractivity contribution in [2.45, 2.75) is 13.0 Å². The summed E-state index contributed by atoms with van der Waals surface area (Å²) in [5.74, 6) is 0.616. The lowest BCUT2D eigenvalue weighted by Gasteiger charge is -2.38. The Morgan fingerprint density at radius 2 is 2.14 bits per heavy atom. The van der Waals surface area contributed by atoms with Crippen LogP contribution in [0.1, 0.15) is 6.92 Å². The molecule has 0 aliphatic carbocycles. The van der Waals surface area contributed by atoms with Crippen LogP contribution in [-0.2, 0) is 4.79 Å². The molecule has 114 valence electrons. The number of amides is 1. The van der Waals surface area contributed by atoms with E-state index in [1.165, 1.54) is 0 Å². The van der Waals surface area contributed by atoms with E-state index in [-0.39, 0.29) is 12.5 Å². The topological polar surface area (TPSA) is 65.0 Å². The molecule has 1 saturated heterocycles. The molecule has 2 aliphatic rings. The van der Waals surface area contributed by atoms with Crippen molar-refractivity contribution < 1.29 is 14.6 Å². The first kappa shape index (κ1) is 14.2. The highest BCUT2D eigenvalue weighted by Crippen LogP contribution is 2.41. The molecule has 1 fully saturated rings. The summed E-state index contributed by atoms with van der Waals surface area (Å²) in [6.07, 6.45) is -0.512. The van der Waals surface area contributed by atoms with Gasteiger partial charge in [-0.05, 0) is 19.1 Å². The highest BCUT2D eigenvalue weighted by molar-refractivity contribution is 6.03. The number of rotatable bonds is 3. The van der Waals surface area contributed by atoms with E-state index in [4.69, 9.17) is 4.74 Å². The van der Waals surface area contributed by atoms with Crippen LogP contribution >= 0.6 is 0 Å². The van der Waals surface area contributed by atoms with Gasteiger partial charge < -0.3 is 25.0 Å². The first-order valence-corrected chi connectivity index (χ1v) is 7.40. The summed E-state index contributed by atoms with van der Waals surface area (Å²) in [5, 5.41) is 12.6. The van der Waals surface area contributed by atoms with Crippen molar-refractivity contribution in [3.63, 3.8) is 0 Å². The molecule has 0 saturated carbocycles. The minimum absolute atomic E-state index is 0.0617. The largest absolute Gasteiger partial charge is 0.479 e. The summed E-state index contributed by atoms with van der Waals surface area (Å²) in [6.45, 7) is 5.62. The number of aliphatic hydroxyl groups excluding tert-OH is 1. The molecule has 1 unspecified atom stereocenters. The van der Waals surface area contributed by atoms with E-state index in [0.29, 0.717) is 12.3 Å². The van der Waals surface area contributed by atoms with Crippen LogP contribution in [0.5, 0.6) is 5.75 Å². The number of benzene rings is 1. The monoisotopic (exact) mass is 291 g/mol. The van der Waals surface area contributed by atoms with Crippen molar-refractivity contribution in [2.24, 2.45) is 0 Å². The fourth-order valence-electron chi connectivity index (χ4n) is 2.93. The van der Waals surface area contributed by atoms with Gasteiger partial charge in [-0.15, -0.1) is 0 Å². The lowest BCUT2D eigenvalue weighted by molar-refractivity contribution is -0.125. The van der Waals surface area contributed by atoms with Crippen molar-refractivity contribution in [3.8, 4) is 5.75 Å². The highest BCUT2D eigenvalue weighted by Gasteiger charge is 2.34. The normalized spacial score (nSPS) is 22.0. The van der Waals surface area contributed by atoms with Gasteiger partial charge in [0.25, 0.3) is 5.91 Å². The van der Waals surface area contributed by atoms with Crippen LogP contribution in [0.15, 0.2) is 18.2 Å². The number of nitrogens with one attached hydrogen (secondary N) is 1. The molecule has 0 radical (unpaired) electrons. The summed E-state index contributed by atoms with van der Waals surface area (Å²) in [6, 6.07) is 5.85. The van der Waals surface area contributed by atoms with Crippen molar-refractivity contribution >= 4 is 17.3 Å². The zero-order valence-electron chi connectivity index (χ0n) is 12.2. The van der Waals surface area contributed by atoms with Crippen LogP contribution in [0.3, 0.4) is 0 Å². The van der Waals surface area contributed by atoms with Gasteiger partial charge in [-0.3, -0.25) is 4.79 Å². The van der Waals surface area contributed by atoms with Gasteiger partial charge in [0.1, 0.15) is 11.4 Å². The van der Waals surface area contributed by atoms with Crippen molar-refractivity contribution in [1.29, 1.82) is 0 Å². The molecule has 1 atom stereocenters. The zero-order valence-corrected chi connectivity index (χ0v) is 12.2. The third-order valence-electron chi connectivity index (χ3n) is 3.95. The fraction of sp³-hybridized carbons (Fsp3) is 0.533. The lowest BCUT2D eigenvalue weighted by Crippen LogP contribution is -2.48. The molecule has 0 spiro atoms. The fourth-order valence-corrected chi connectivity index (χ4v) is 2.93. The van der Waals surface area contributed by atoms with E-state index >= 15 is 0 Å². The van der Waals surface area contributed by atoms with Crippen LogP contribution in [0.2, 0.25) is 0 Å². The van der Waals surface area contributed by atoms with E-state index in [1.54, 1.807) is 11.8 Å². The maximum absolute atomic E-state index is 12.4. The second-order valence-electron chi connectivity index (χ2n) is 5.33. The molecule has 6 heteroatoms. The Kier molecular flexibility index (Phi) is 3.98. The predicted molar refractivity (Wildman–Crippen MR) is 81.1 cm³/mol. The first-order valence-electron chi connectivity index (χ1n) is 7.40. The number of ether oxygens (including phenoxy) is 1. The van der Waals surface area contributed by atoms with Crippen LogP contribution < -0.4 is 19.9 Å². The molecule has 6 nitrogen and oxygen atoms in total. The molecular weight excluding hydrogens is 270 g/mol. The van der Waals surface area contributed by atoms with E-state index in [2.05, 4.69) is 10.2 Å². The molecule has 2 heterocycles. The number of nitrogens with zero attached hydrogens (tertiary/aromatic N) is 2. The smallest absolute Gasteiger partial charge is 0.267 e. The van der Waals surface area contributed by atoms with Gasteiger partial charge in [-0.1, -0.05) is 6.07 Å². The predicted octanol–water partition coefficient (Wildman–Crippen LogP) is 0.202. The number of fused-ring (bicyclic) bond motifs is 1. The second kappa shape index (κ2) is 5.91. The molecule has 21 heavy (non-hydrogen) atoms. The van der Waals surface area contributed by atoms with Gasteiger partial charge in [0.15, 0.2) is 6.10 Å². The van der Waals surface area contributed by atoms with Crippen LogP contribution in [0, 0.1) is 0 Å². The van der Waals surface area contributed by atoms with Crippen LogP contribution in [0.25, 0.3) is 0 Å². The Morgan fingerprint density at radius 3 is 2.86 bits per heavy atom. The van der Waals surface area contributed by atoms with Crippen LogP contribution in [0.4, 0.5) is 11.4 Å². The molecule has 2 aliphatic heterocycles. The van der Waals surface area contributed by atoms with Crippen LogP contribution in [-0.4, -0.2) is 56.4 Å². The number of carbonyl (C=O) groups excluding carboxylic acids is 1. The first-order chi connectivity index (χ1) is 10.2. The molecule has 1 aromatic rings. The Balaban J connectivity index is 2.03. The second-order valence-corrected chi connectivity index (χ2v) is 5.33. The number of β-amino-alcohol motifs (C(OH)–C–C–N with tert-alkyl or cyclic N) is 1. The average molecular weight is 291 g/mol. The third-order valence-corrected chi connectivity index (χ3v) is 3.95. The molecule has 2 N–H and O–H groups in total. The Labute approximate surface area is 124 Å². The number of piperazine rings is 1. The van der Waals surface area contributed by atoms with Crippen molar-refractivity contribution in [2.75, 3.05) is 49.1 Å². The van der Waals surface area contributed by atoms with Gasteiger partial charge in [0.2, 0.25) is 0 Å². The Hall–Kier alpha value is -1.79. The standard InChI is InChI=1S/C15H21N3O3/c1-11-15(20)18(9-10-19)14-12(3-2-4-13(14)21-11)17-7-5-16-6-8-17/h2-4,11,16,19H,5-10H2,1H3. The van der Waals surface area contributed by atoms with Crippen molar-refractivity contribution in [3.05, 3.63) is 18.2 Å². The number of hydrogen-bond donors (Lipinski definition) is 2. The van der Waals surface area contributed by atoms with E-state index in [1.807, 2.05) is 18.2 Å². The van der Waals surface area contributed by atoms with Gasteiger partial charge in [-0.25, -0.2) is 0 Å². The SMILES string of the molecule is CC1Oc2cccc(N3CCNCC3)c2N(CCO)C1=O.